The van der Waals surface area contributed by atoms with E-state index in [-0.39, 0.29) is 12.4 Å². The summed E-state index contributed by atoms with van der Waals surface area (Å²) in [7, 11) is 0. The minimum Gasteiger partial charge on any atom is -0.388 e. The number of carbonyl (C=O) groups excluding carboxylic acids is 1. The zero-order valence-electron chi connectivity index (χ0n) is 15.5. The minimum atomic E-state index is -0.771. The molecular formula is C20H19ClFN3O3. The van der Waals surface area contributed by atoms with Gasteiger partial charge in [-0.1, -0.05) is 31.5 Å². The average molecular weight is 404 g/mol. The average Bonchev–Trinajstić information content (AvgIpc) is 3.03. The van der Waals surface area contributed by atoms with Crippen molar-refractivity contribution in [2.75, 3.05) is 5.32 Å². The number of anilines is 1. The maximum Gasteiger partial charge on any atom is 0.437 e. The van der Waals surface area contributed by atoms with Gasteiger partial charge in [0.05, 0.1) is 0 Å². The van der Waals surface area contributed by atoms with Crippen molar-refractivity contribution in [1.29, 1.82) is 0 Å². The van der Waals surface area contributed by atoms with E-state index in [0.29, 0.717) is 22.7 Å². The second kappa shape index (κ2) is 8.39. The van der Waals surface area contributed by atoms with Crippen molar-refractivity contribution in [3.63, 3.8) is 0 Å². The second-order valence-corrected chi connectivity index (χ2v) is 6.56. The van der Waals surface area contributed by atoms with E-state index >= 15 is 0 Å². The lowest BCUT2D eigenvalue weighted by Crippen LogP contribution is -2.26. The van der Waals surface area contributed by atoms with Crippen LogP contribution in [0.1, 0.15) is 25.0 Å². The topological polar surface area (TPSA) is 77.1 Å². The quantitative estimate of drug-likeness (QED) is 0.673. The van der Waals surface area contributed by atoms with Gasteiger partial charge in [0.1, 0.15) is 12.4 Å². The molecule has 0 radical (unpaired) electrons. The van der Waals surface area contributed by atoms with Crippen LogP contribution in [-0.4, -0.2) is 15.7 Å². The molecule has 3 rings (SSSR count). The van der Waals surface area contributed by atoms with Crippen molar-refractivity contribution in [1.82, 2.24) is 9.78 Å². The molecule has 0 aliphatic heterocycles. The third-order valence-electron chi connectivity index (χ3n) is 4.33. The Hall–Kier alpha value is -2.93. The van der Waals surface area contributed by atoms with E-state index in [0.717, 1.165) is 22.2 Å². The Morgan fingerprint density at radius 1 is 1.18 bits per heavy atom. The smallest absolute Gasteiger partial charge is 0.388 e. The highest BCUT2D eigenvalue weighted by atomic mass is 35.5. The van der Waals surface area contributed by atoms with E-state index in [1.807, 2.05) is 26.0 Å². The lowest BCUT2D eigenvalue weighted by molar-refractivity contribution is -0.117. The van der Waals surface area contributed by atoms with Crippen LogP contribution in [0, 0.1) is 5.82 Å². The molecule has 2 aromatic carbocycles. The molecule has 0 fully saturated rings. The molecule has 3 aromatic rings. The van der Waals surface area contributed by atoms with Crippen LogP contribution in [0.15, 0.2) is 45.6 Å². The van der Waals surface area contributed by atoms with Gasteiger partial charge in [-0.3, -0.25) is 4.79 Å². The number of carbonyl (C=O) groups is 1. The maximum absolute atomic E-state index is 13.0. The number of aryl methyl sites for hydroxylation is 1. The monoisotopic (exact) mass is 403 g/mol. The van der Waals surface area contributed by atoms with Crippen LogP contribution in [0.2, 0.25) is 5.02 Å². The van der Waals surface area contributed by atoms with Crippen molar-refractivity contribution >= 4 is 23.2 Å². The van der Waals surface area contributed by atoms with Crippen LogP contribution in [0.4, 0.5) is 10.1 Å². The summed E-state index contributed by atoms with van der Waals surface area (Å²) < 4.78 is 19.0. The van der Waals surface area contributed by atoms with Gasteiger partial charge in [-0.25, -0.2) is 9.18 Å². The van der Waals surface area contributed by atoms with Crippen molar-refractivity contribution < 1.29 is 13.6 Å². The molecule has 8 heteroatoms. The maximum atomic E-state index is 13.0. The molecule has 1 amide bonds. The highest BCUT2D eigenvalue weighted by molar-refractivity contribution is 6.32. The Kier molecular flexibility index (Phi) is 5.94. The number of benzene rings is 2. The van der Waals surface area contributed by atoms with Crippen LogP contribution in [0.3, 0.4) is 0 Å². The highest BCUT2D eigenvalue weighted by Crippen LogP contribution is 2.29. The fourth-order valence-corrected chi connectivity index (χ4v) is 3.19. The van der Waals surface area contributed by atoms with Gasteiger partial charge in [0.2, 0.25) is 11.8 Å². The summed E-state index contributed by atoms with van der Waals surface area (Å²) in [6.07, 6.45) is 1.37. The Morgan fingerprint density at radius 2 is 1.89 bits per heavy atom. The predicted octanol–water partition coefficient (Wildman–Crippen LogP) is 4.06. The number of hydrogen-bond acceptors (Lipinski definition) is 4. The molecule has 0 spiro atoms. The van der Waals surface area contributed by atoms with Gasteiger partial charge in [-0.15, -0.1) is 5.10 Å². The summed E-state index contributed by atoms with van der Waals surface area (Å²) in [6, 6.07) is 9.03. The predicted molar refractivity (Wildman–Crippen MR) is 105 cm³/mol. The van der Waals surface area contributed by atoms with Crippen LogP contribution < -0.4 is 11.1 Å². The fourth-order valence-electron chi connectivity index (χ4n) is 2.90. The van der Waals surface area contributed by atoms with Crippen molar-refractivity contribution in [3.8, 4) is 11.5 Å². The van der Waals surface area contributed by atoms with E-state index in [2.05, 4.69) is 10.4 Å². The number of nitrogens with one attached hydrogen (secondary N) is 1. The summed E-state index contributed by atoms with van der Waals surface area (Å²) in [6.45, 7) is 3.62. The number of hydrogen-bond donors (Lipinski definition) is 1. The summed E-state index contributed by atoms with van der Waals surface area (Å²) in [5.74, 6) is -1.59. The molecule has 146 valence electrons. The molecule has 0 saturated heterocycles. The molecule has 6 nitrogen and oxygen atoms in total. The van der Waals surface area contributed by atoms with E-state index in [1.165, 1.54) is 24.3 Å². The van der Waals surface area contributed by atoms with E-state index < -0.39 is 17.5 Å². The Bertz CT molecular complexity index is 1060. The fraction of sp³-hybridized carbons (Fsp3) is 0.250. The highest BCUT2D eigenvalue weighted by Gasteiger charge is 2.17. The standard InChI is InChI=1S/C20H19ClFN3O3/c1-3-12-7-10-16(21)15(4-2)18(12)23-17(26)11-25-20(27)28-19(24-25)13-5-8-14(22)9-6-13/h5-10H,3-4,11H2,1-2H3,(H,23,26). The Morgan fingerprint density at radius 3 is 2.54 bits per heavy atom. The van der Waals surface area contributed by atoms with Crippen molar-refractivity contribution in [2.45, 2.75) is 33.2 Å². The first kappa shape index (κ1) is 19.8. The number of nitrogens with zero attached hydrogens (tertiary/aromatic N) is 2. The van der Waals surface area contributed by atoms with E-state index in [1.54, 1.807) is 0 Å². The van der Waals surface area contributed by atoms with Crippen LogP contribution in [0.25, 0.3) is 11.5 Å². The molecular weight excluding hydrogens is 385 g/mol. The molecule has 0 aliphatic rings. The number of aromatic nitrogens is 2. The molecule has 0 saturated carbocycles. The molecule has 0 aliphatic carbocycles. The number of rotatable bonds is 6. The van der Waals surface area contributed by atoms with Gasteiger partial charge in [-0.2, -0.15) is 4.68 Å². The summed E-state index contributed by atoms with van der Waals surface area (Å²) in [5.41, 5.74) is 2.90. The Balaban J connectivity index is 1.82. The first-order valence-electron chi connectivity index (χ1n) is 8.86. The molecule has 0 bridgehead atoms. The SMILES string of the molecule is CCc1ccc(Cl)c(CC)c1NC(=O)Cn1nc(-c2ccc(F)cc2)oc1=O. The summed E-state index contributed by atoms with van der Waals surface area (Å²) >= 11 is 6.25. The Labute approximate surface area is 165 Å². The van der Waals surface area contributed by atoms with Gasteiger partial charge in [0.15, 0.2) is 0 Å². The molecule has 1 aromatic heterocycles. The van der Waals surface area contributed by atoms with Gasteiger partial charge < -0.3 is 9.73 Å². The number of halogens is 2. The number of amides is 1. The zero-order chi connectivity index (χ0) is 20.3. The molecule has 28 heavy (non-hydrogen) atoms. The van der Waals surface area contributed by atoms with E-state index in [4.69, 9.17) is 16.0 Å². The minimum absolute atomic E-state index is 0.0176. The zero-order valence-corrected chi connectivity index (χ0v) is 16.2. The lowest BCUT2D eigenvalue weighted by atomic mass is 10.0. The van der Waals surface area contributed by atoms with Gasteiger partial charge in [0.25, 0.3) is 0 Å². The van der Waals surface area contributed by atoms with Crippen LogP contribution >= 0.6 is 11.6 Å². The second-order valence-electron chi connectivity index (χ2n) is 6.15. The lowest BCUT2D eigenvalue weighted by Gasteiger charge is -2.15. The van der Waals surface area contributed by atoms with Gasteiger partial charge in [0, 0.05) is 16.3 Å². The first-order valence-corrected chi connectivity index (χ1v) is 9.24. The van der Waals surface area contributed by atoms with E-state index in [9.17, 15) is 14.0 Å². The molecule has 1 N–H and O–H groups in total. The van der Waals surface area contributed by atoms with Gasteiger partial charge >= 0.3 is 5.76 Å². The summed E-state index contributed by atoms with van der Waals surface area (Å²) in [4.78, 5) is 24.6. The summed E-state index contributed by atoms with van der Waals surface area (Å²) in [5, 5.41) is 7.44. The van der Waals surface area contributed by atoms with Gasteiger partial charge in [-0.05, 0) is 54.3 Å². The first-order chi connectivity index (χ1) is 13.4. The van der Waals surface area contributed by atoms with Crippen LogP contribution in [0.5, 0.6) is 0 Å². The van der Waals surface area contributed by atoms with Crippen LogP contribution in [-0.2, 0) is 24.2 Å². The molecule has 0 unspecified atom stereocenters. The van der Waals surface area contributed by atoms with Crippen molar-refractivity contribution in [3.05, 3.63) is 68.9 Å². The largest absolute Gasteiger partial charge is 0.437 e. The normalized spacial score (nSPS) is 10.9. The third kappa shape index (κ3) is 4.14. The molecule has 0 atom stereocenters. The van der Waals surface area contributed by atoms with Crippen molar-refractivity contribution in [2.24, 2.45) is 0 Å². The third-order valence-corrected chi connectivity index (χ3v) is 4.69. The molecule has 1 heterocycles.